The number of hydrogen-bond acceptors (Lipinski definition) is 7. The van der Waals surface area contributed by atoms with Gasteiger partial charge in [0, 0.05) is 18.7 Å². The van der Waals surface area contributed by atoms with Crippen LogP contribution in [0, 0.1) is 0 Å². The lowest BCUT2D eigenvalue weighted by Crippen LogP contribution is -2.39. The standard InChI is InChI=1S/C45H42N6O3/c1-5-53-31-40-46-41(32(3)4)42(44(52)54-6-2)50(40)30-33-26-28-34(29-27-33)38-24-16-17-25-39(38)43-47-48-49-51(43)45(35-18-10-7-11-19-35,36-20-12-8-13-21-36)37-22-14-9-15-23-37/h7-29H,3,5-6,30-31H2,1-2,4H3. The van der Waals surface area contributed by atoms with Crippen molar-refractivity contribution in [1.82, 2.24) is 29.8 Å². The van der Waals surface area contributed by atoms with Crippen molar-refractivity contribution in [3.63, 3.8) is 0 Å². The van der Waals surface area contributed by atoms with Gasteiger partial charge in [-0.1, -0.05) is 146 Å². The fourth-order valence-corrected chi connectivity index (χ4v) is 7.07. The fraction of sp³-hybridized carbons (Fsp3) is 0.178. The van der Waals surface area contributed by atoms with Gasteiger partial charge in [0.1, 0.15) is 18.0 Å². The summed E-state index contributed by atoms with van der Waals surface area (Å²) in [4.78, 5) is 18.0. The molecule has 0 aliphatic carbocycles. The van der Waals surface area contributed by atoms with E-state index in [0.29, 0.717) is 41.8 Å². The summed E-state index contributed by atoms with van der Waals surface area (Å²) in [6, 6.07) is 47.6. The van der Waals surface area contributed by atoms with Crippen LogP contribution in [0.1, 0.15) is 65.0 Å². The molecule has 5 aromatic carbocycles. The Bertz CT molecular complexity index is 2250. The minimum Gasteiger partial charge on any atom is -0.461 e. The number of nitrogens with zero attached hydrogens (tertiary/aromatic N) is 6. The number of benzene rings is 5. The molecular formula is C45H42N6O3. The highest BCUT2D eigenvalue weighted by Crippen LogP contribution is 2.43. The molecule has 0 spiro atoms. The number of rotatable bonds is 14. The van der Waals surface area contributed by atoms with Crippen LogP contribution in [0.4, 0.5) is 0 Å². The number of carbonyl (C=O) groups excluding carboxylic acids is 1. The minimum absolute atomic E-state index is 0.251. The number of hydrogen-bond donors (Lipinski definition) is 0. The van der Waals surface area contributed by atoms with Gasteiger partial charge in [0.15, 0.2) is 11.5 Å². The number of ether oxygens (including phenoxy) is 2. The van der Waals surface area contributed by atoms with E-state index in [4.69, 9.17) is 24.8 Å². The normalized spacial score (nSPS) is 11.4. The van der Waals surface area contributed by atoms with E-state index in [1.807, 2.05) is 89.8 Å². The van der Waals surface area contributed by atoms with Crippen LogP contribution in [0.5, 0.6) is 0 Å². The van der Waals surface area contributed by atoms with Gasteiger partial charge in [0.2, 0.25) is 0 Å². The zero-order valence-electron chi connectivity index (χ0n) is 30.7. The monoisotopic (exact) mass is 714 g/mol. The summed E-state index contributed by atoms with van der Waals surface area (Å²) in [6.45, 7) is 11.1. The smallest absolute Gasteiger partial charge is 0.357 e. The Morgan fingerprint density at radius 1 is 0.722 bits per heavy atom. The zero-order chi connectivity index (χ0) is 37.5. The molecule has 0 bridgehead atoms. The molecule has 2 heterocycles. The first kappa shape index (κ1) is 35.9. The second-order valence-corrected chi connectivity index (χ2v) is 12.9. The lowest BCUT2D eigenvalue weighted by Gasteiger charge is -2.36. The third-order valence-corrected chi connectivity index (χ3v) is 9.49. The van der Waals surface area contributed by atoms with Gasteiger partial charge < -0.3 is 14.0 Å². The molecule has 7 rings (SSSR count). The van der Waals surface area contributed by atoms with Crippen molar-refractivity contribution in [2.45, 2.75) is 39.5 Å². The van der Waals surface area contributed by atoms with Crippen LogP contribution in [0.3, 0.4) is 0 Å². The molecule has 0 fully saturated rings. The molecule has 0 saturated carbocycles. The average Bonchev–Trinajstić information content (AvgIpc) is 3.85. The first-order valence-corrected chi connectivity index (χ1v) is 18.1. The molecule has 2 aromatic heterocycles. The summed E-state index contributed by atoms with van der Waals surface area (Å²) in [5, 5.41) is 13.8. The van der Waals surface area contributed by atoms with Crippen LogP contribution >= 0.6 is 0 Å². The summed E-state index contributed by atoms with van der Waals surface area (Å²) in [5.74, 6) is 0.820. The molecule has 0 amide bonds. The molecule has 0 radical (unpaired) electrons. The predicted octanol–water partition coefficient (Wildman–Crippen LogP) is 8.84. The van der Waals surface area contributed by atoms with Crippen molar-refractivity contribution in [2.75, 3.05) is 13.2 Å². The van der Waals surface area contributed by atoms with Crippen LogP contribution in [0.2, 0.25) is 0 Å². The fourth-order valence-electron chi connectivity index (χ4n) is 7.07. The van der Waals surface area contributed by atoms with Crippen molar-refractivity contribution in [3.05, 3.63) is 186 Å². The van der Waals surface area contributed by atoms with Crippen molar-refractivity contribution in [3.8, 4) is 22.5 Å². The Balaban J connectivity index is 1.33. The van der Waals surface area contributed by atoms with Gasteiger partial charge in [0.05, 0.1) is 12.3 Å². The molecule has 9 heteroatoms. The number of esters is 1. The Morgan fingerprint density at radius 2 is 1.28 bits per heavy atom. The van der Waals surface area contributed by atoms with E-state index in [-0.39, 0.29) is 13.2 Å². The van der Waals surface area contributed by atoms with Crippen LogP contribution in [0.25, 0.3) is 28.1 Å². The molecule has 54 heavy (non-hydrogen) atoms. The van der Waals surface area contributed by atoms with E-state index in [0.717, 1.165) is 38.9 Å². The van der Waals surface area contributed by atoms with E-state index in [1.54, 1.807) is 6.92 Å². The first-order chi connectivity index (χ1) is 26.5. The summed E-state index contributed by atoms with van der Waals surface area (Å²) >= 11 is 0. The van der Waals surface area contributed by atoms with Crippen molar-refractivity contribution < 1.29 is 14.3 Å². The van der Waals surface area contributed by atoms with Crippen molar-refractivity contribution >= 4 is 11.5 Å². The maximum atomic E-state index is 13.2. The number of tetrazole rings is 1. The van der Waals surface area contributed by atoms with Crippen molar-refractivity contribution in [2.24, 2.45) is 0 Å². The van der Waals surface area contributed by atoms with Gasteiger partial charge in [0.25, 0.3) is 0 Å². The lowest BCUT2D eigenvalue weighted by atomic mass is 9.77. The predicted molar refractivity (Wildman–Crippen MR) is 211 cm³/mol. The lowest BCUT2D eigenvalue weighted by molar-refractivity contribution is 0.0512. The van der Waals surface area contributed by atoms with Crippen LogP contribution in [-0.4, -0.2) is 48.9 Å². The Labute approximate surface area is 315 Å². The van der Waals surface area contributed by atoms with E-state index < -0.39 is 11.5 Å². The molecule has 0 aliphatic rings. The number of aromatic nitrogens is 6. The Morgan fingerprint density at radius 3 is 1.81 bits per heavy atom. The zero-order valence-corrected chi connectivity index (χ0v) is 30.7. The highest BCUT2D eigenvalue weighted by molar-refractivity contribution is 5.93. The Kier molecular flexibility index (Phi) is 10.7. The Hall–Kier alpha value is -6.45. The summed E-state index contributed by atoms with van der Waals surface area (Å²) in [7, 11) is 0. The molecule has 9 nitrogen and oxygen atoms in total. The molecule has 0 atom stereocenters. The third-order valence-electron chi connectivity index (χ3n) is 9.49. The summed E-state index contributed by atoms with van der Waals surface area (Å²) in [5.41, 5.74) is 7.58. The molecule has 0 aliphatic heterocycles. The van der Waals surface area contributed by atoms with Crippen LogP contribution in [-0.2, 0) is 28.2 Å². The van der Waals surface area contributed by atoms with E-state index >= 15 is 0 Å². The van der Waals surface area contributed by atoms with Crippen LogP contribution in [0.15, 0.2) is 146 Å². The number of allylic oxidation sites excluding steroid dienone is 1. The van der Waals surface area contributed by atoms with Gasteiger partial charge in [-0.2, -0.15) is 0 Å². The maximum absolute atomic E-state index is 13.2. The van der Waals surface area contributed by atoms with Gasteiger partial charge in [-0.15, -0.1) is 5.10 Å². The minimum atomic E-state index is -0.886. The topological polar surface area (TPSA) is 97.0 Å². The van der Waals surface area contributed by atoms with Gasteiger partial charge in [-0.05, 0) is 70.2 Å². The third kappa shape index (κ3) is 6.77. The first-order valence-electron chi connectivity index (χ1n) is 18.1. The molecule has 7 aromatic rings. The van der Waals surface area contributed by atoms with E-state index in [9.17, 15) is 4.79 Å². The summed E-state index contributed by atoms with van der Waals surface area (Å²) < 4.78 is 15.0. The molecular weight excluding hydrogens is 673 g/mol. The molecule has 0 saturated heterocycles. The van der Waals surface area contributed by atoms with Gasteiger partial charge in [-0.3, -0.25) is 0 Å². The molecule has 270 valence electrons. The maximum Gasteiger partial charge on any atom is 0.357 e. The SMILES string of the molecule is C=C(C)c1nc(COCC)n(Cc2ccc(-c3ccccc3-c3nnnn3C(c3ccccc3)(c3ccccc3)c3ccccc3)cc2)c1C(=O)OCC. The van der Waals surface area contributed by atoms with E-state index in [1.165, 1.54) is 0 Å². The summed E-state index contributed by atoms with van der Waals surface area (Å²) in [6.07, 6.45) is 0. The van der Waals surface area contributed by atoms with Gasteiger partial charge in [-0.25, -0.2) is 14.5 Å². The van der Waals surface area contributed by atoms with Gasteiger partial charge >= 0.3 is 5.97 Å². The molecule has 0 N–H and O–H groups in total. The second-order valence-electron chi connectivity index (χ2n) is 12.9. The highest BCUT2D eigenvalue weighted by atomic mass is 16.5. The number of imidazole rings is 1. The average molecular weight is 715 g/mol. The quantitative estimate of drug-likeness (QED) is 0.0821. The number of carbonyl (C=O) groups is 1. The second kappa shape index (κ2) is 16.1. The van der Waals surface area contributed by atoms with Crippen molar-refractivity contribution in [1.29, 1.82) is 0 Å². The van der Waals surface area contributed by atoms with Crippen LogP contribution < -0.4 is 0 Å². The highest BCUT2D eigenvalue weighted by Gasteiger charge is 2.42. The largest absolute Gasteiger partial charge is 0.461 e. The molecule has 0 unspecified atom stereocenters. The van der Waals surface area contributed by atoms with E-state index in [2.05, 4.69) is 84.6 Å².